The van der Waals surface area contributed by atoms with Gasteiger partial charge in [0.25, 0.3) is 5.91 Å². The van der Waals surface area contributed by atoms with E-state index in [0.29, 0.717) is 35.0 Å². The van der Waals surface area contributed by atoms with Crippen LogP contribution in [-0.4, -0.2) is 41.7 Å². The van der Waals surface area contributed by atoms with Crippen LogP contribution >= 0.6 is 0 Å². The van der Waals surface area contributed by atoms with E-state index in [9.17, 15) is 9.59 Å². The lowest BCUT2D eigenvalue weighted by Gasteiger charge is -2.22. The summed E-state index contributed by atoms with van der Waals surface area (Å²) >= 11 is 0. The second-order valence-corrected chi connectivity index (χ2v) is 8.85. The van der Waals surface area contributed by atoms with Crippen LogP contribution in [-0.2, 0) is 4.79 Å². The van der Waals surface area contributed by atoms with Crippen LogP contribution in [0.4, 0.5) is 5.69 Å². The van der Waals surface area contributed by atoms with E-state index in [1.165, 1.54) is 5.56 Å². The van der Waals surface area contributed by atoms with Gasteiger partial charge in [0, 0.05) is 48.2 Å². The van der Waals surface area contributed by atoms with Crippen molar-refractivity contribution in [2.24, 2.45) is 10.7 Å². The van der Waals surface area contributed by atoms with Crippen molar-refractivity contribution in [3.8, 4) is 0 Å². The van der Waals surface area contributed by atoms with Gasteiger partial charge in [0.05, 0.1) is 5.69 Å². The first kappa shape index (κ1) is 22.8. The fourth-order valence-electron chi connectivity index (χ4n) is 4.40. The van der Waals surface area contributed by atoms with Crippen molar-refractivity contribution in [2.75, 3.05) is 13.1 Å². The lowest BCUT2D eigenvalue weighted by molar-refractivity contribution is -0.127. The number of carbonyl (C=O) groups excluding carboxylic acids is 2. The van der Waals surface area contributed by atoms with Crippen molar-refractivity contribution in [3.63, 3.8) is 0 Å². The third-order valence-corrected chi connectivity index (χ3v) is 6.14. The van der Waals surface area contributed by atoms with Crippen molar-refractivity contribution in [2.45, 2.75) is 51.5 Å². The first-order valence-corrected chi connectivity index (χ1v) is 11.8. The summed E-state index contributed by atoms with van der Waals surface area (Å²) in [4.78, 5) is 32.4. The summed E-state index contributed by atoms with van der Waals surface area (Å²) in [5.74, 6) is 0.643. The van der Waals surface area contributed by atoms with Gasteiger partial charge >= 0.3 is 0 Å². The van der Waals surface area contributed by atoms with E-state index in [1.807, 2.05) is 35.2 Å². The van der Waals surface area contributed by atoms with E-state index in [2.05, 4.69) is 36.3 Å². The third-order valence-electron chi connectivity index (χ3n) is 6.14. The number of hydrogen-bond acceptors (Lipinski definition) is 4. The van der Waals surface area contributed by atoms with Crippen LogP contribution in [0, 0.1) is 0 Å². The van der Waals surface area contributed by atoms with Crippen LogP contribution < -0.4 is 11.1 Å². The molecule has 1 unspecified atom stereocenters. The Morgan fingerprint density at radius 1 is 1.09 bits per heavy atom. The largest absolute Gasteiger partial charge is 0.387 e. The van der Waals surface area contributed by atoms with Crippen LogP contribution in [0.5, 0.6) is 0 Å². The zero-order valence-corrected chi connectivity index (χ0v) is 19.4. The number of nitrogens with one attached hydrogen (secondary N) is 1. The molecule has 0 bridgehead atoms. The van der Waals surface area contributed by atoms with Crippen LogP contribution in [0.2, 0.25) is 0 Å². The maximum atomic E-state index is 13.1. The molecule has 33 heavy (non-hydrogen) atoms. The normalized spacial score (nSPS) is 19.0. The molecule has 1 aliphatic carbocycles. The number of benzene rings is 2. The fourth-order valence-corrected chi connectivity index (χ4v) is 4.40. The molecule has 2 aliphatic rings. The minimum absolute atomic E-state index is 0.00667. The van der Waals surface area contributed by atoms with Crippen LogP contribution in [0.1, 0.15) is 66.9 Å². The predicted molar refractivity (Wildman–Crippen MR) is 133 cm³/mol. The zero-order chi connectivity index (χ0) is 23.4. The molecule has 2 aromatic rings. The van der Waals surface area contributed by atoms with E-state index in [0.717, 1.165) is 37.9 Å². The molecule has 1 fully saturated rings. The highest BCUT2D eigenvalue weighted by atomic mass is 16.2. The Balaban J connectivity index is 1.50. The van der Waals surface area contributed by atoms with Gasteiger partial charge in [-0.25, -0.2) is 4.99 Å². The fraction of sp³-hybridized carbons (Fsp3) is 0.370. The minimum atomic E-state index is -0.114. The monoisotopic (exact) mass is 444 g/mol. The average Bonchev–Trinajstić information content (AvgIpc) is 3.60. The highest BCUT2D eigenvalue weighted by molar-refractivity contribution is 6.06. The lowest BCUT2D eigenvalue weighted by atomic mass is 10.0. The van der Waals surface area contributed by atoms with E-state index >= 15 is 0 Å². The second kappa shape index (κ2) is 10.0. The number of nitrogens with two attached hydrogens (primary N) is 1. The summed E-state index contributed by atoms with van der Waals surface area (Å²) in [6, 6.07) is 15.8. The summed E-state index contributed by atoms with van der Waals surface area (Å²) in [6.45, 7) is 5.58. The Kier molecular flexibility index (Phi) is 6.92. The summed E-state index contributed by atoms with van der Waals surface area (Å²) in [5, 5.41) is 3.13. The first-order chi connectivity index (χ1) is 16.0. The molecule has 0 saturated heterocycles. The van der Waals surface area contributed by atoms with E-state index in [4.69, 9.17) is 5.73 Å². The molecule has 2 aromatic carbocycles. The van der Waals surface area contributed by atoms with E-state index in [1.54, 1.807) is 12.1 Å². The summed E-state index contributed by atoms with van der Waals surface area (Å²) in [5.41, 5.74) is 10.0. The summed E-state index contributed by atoms with van der Waals surface area (Å²) in [6.07, 6.45) is 4.94. The van der Waals surface area contributed by atoms with Crippen LogP contribution in [0.3, 0.4) is 0 Å². The Bertz CT molecular complexity index is 1080. The van der Waals surface area contributed by atoms with Gasteiger partial charge in [-0.15, -0.1) is 0 Å². The van der Waals surface area contributed by atoms with Gasteiger partial charge in [-0.3, -0.25) is 9.59 Å². The van der Waals surface area contributed by atoms with Crippen molar-refractivity contribution >= 4 is 29.4 Å². The molecule has 6 nitrogen and oxygen atoms in total. The molecule has 4 rings (SSSR count). The van der Waals surface area contributed by atoms with Gasteiger partial charge in [0.15, 0.2) is 0 Å². The molecule has 172 valence electrons. The van der Waals surface area contributed by atoms with Crippen LogP contribution in [0.25, 0.3) is 6.08 Å². The van der Waals surface area contributed by atoms with Gasteiger partial charge in [-0.1, -0.05) is 50.2 Å². The molecular weight excluding hydrogens is 412 g/mol. The second-order valence-electron chi connectivity index (χ2n) is 8.85. The van der Waals surface area contributed by atoms with Crippen molar-refractivity contribution < 1.29 is 9.59 Å². The smallest absolute Gasteiger partial charge is 0.251 e. The molecule has 1 aliphatic heterocycles. The SMILES string of the molecule is CCCN(CCC)C(=O)C1=Cc2ccc(C(=O)N[C@H]3CC3c3ccccc3)cc2N=C(N)C1. The molecule has 3 N–H and O–H groups in total. The maximum Gasteiger partial charge on any atom is 0.251 e. The molecule has 2 amide bonds. The number of carbonyl (C=O) groups is 2. The number of aliphatic imine (C=N–C) groups is 1. The Morgan fingerprint density at radius 2 is 1.82 bits per heavy atom. The Hall–Kier alpha value is -3.41. The molecule has 2 atom stereocenters. The number of amidine groups is 1. The van der Waals surface area contributed by atoms with Gasteiger partial charge in [0.2, 0.25) is 5.91 Å². The molecule has 0 radical (unpaired) electrons. The minimum Gasteiger partial charge on any atom is -0.387 e. The van der Waals surface area contributed by atoms with Crippen LogP contribution in [0.15, 0.2) is 59.1 Å². The van der Waals surface area contributed by atoms with Gasteiger partial charge in [-0.05, 0) is 43.0 Å². The summed E-state index contributed by atoms with van der Waals surface area (Å²) < 4.78 is 0. The number of hydrogen-bond donors (Lipinski definition) is 2. The number of nitrogens with zero attached hydrogens (tertiary/aromatic N) is 2. The van der Waals surface area contributed by atoms with Crippen molar-refractivity contribution in [1.82, 2.24) is 10.2 Å². The Morgan fingerprint density at radius 3 is 2.52 bits per heavy atom. The molecule has 0 aromatic heterocycles. The lowest BCUT2D eigenvalue weighted by Crippen LogP contribution is -2.34. The maximum absolute atomic E-state index is 13.1. The highest BCUT2D eigenvalue weighted by Gasteiger charge is 2.39. The molecule has 6 heteroatoms. The molecule has 0 spiro atoms. The quantitative estimate of drug-likeness (QED) is 0.633. The zero-order valence-electron chi connectivity index (χ0n) is 19.4. The van der Waals surface area contributed by atoms with E-state index < -0.39 is 0 Å². The first-order valence-electron chi connectivity index (χ1n) is 11.8. The number of fused-ring (bicyclic) bond motifs is 1. The predicted octanol–water partition coefficient (Wildman–Crippen LogP) is 4.40. The third kappa shape index (κ3) is 5.33. The Labute approximate surface area is 195 Å². The molecule has 1 saturated carbocycles. The van der Waals surface area contributed by atoms with Crippen molar-refractivity contribution in [1.29, 1.82) is 0 Å². The van der Waals surface area contributed by atoms with Gasteiger partial charge in [-0.2, -0.15) is 0 Å². The highest BCUT2D eigenvalue weighted by Crippen LogP contribution is 2.40. The standard InChI is InChI=1S/C27H32N4O2/c1-3-12-31(13-4-2)27(33)21-14-19-10-11-20(15-23(19)29-25(28)16-21)26(32)30-24-17-22(24)18-8-6-5-7-9-18/h5-11,14-15,22,24H,3-4,12-13,16-17H2,1-2H3,(H2,28,29)(H,30,32)/t22?,24-/m0/s1. The number of amides is 2. The molecular formula is C27H32N4O2. The van der Waals surface area contributed by atoms with E-state index in [-0.39, 0.29) is 17.9 Å². The topological polar surface area (TPSA) is 87.8 Å². The van der Waals surface area contributed by atoms with Crippen molar-refractivity contribution in [3.05, 3.63) is 70.8 Å². The van der Waals surface area contributed by atoms with Gasteiger partial charge in [0.1, 0.15) is 5.84 Å². The summed E-state index contributed by atoms with van der Waals surface area (Å²) in [7, 11) is 0. The number of rotatable bonds is 8. The van der Waals surface area contributed by atoms with Gasteiger partial charge < -0.3 is 16.0 Å². The molecule has 1 heterocycles. The average molecular weight is 445 g/mol.